The maximum atomic E-state index is 14.2. The van der Waals surface area contributed by atoms with Crippen LogP contribution in [0.5, 0.6) is 11.5 Å². The van der Waals surface area contributed by atoms with E-state index < -0.39 is 6.04 Å². The van der Waals surface area contributed by atoms with Crippen molar-refractivity contribution < 1.29 is 14.3 Å². The number of hydrogen-bond acceptors (Lipinski definition) is 7. The SMILES string of the molecule is CCN(CC)C(=O)C1=C(C)N=c2s/c(=C/c3cccc(OCC#N)c3)c(=O)n2[C@H]1c1c(OC)ccc2ccccc12. The number of likely N-dealkylation sites (N-methyl/N-ethyl adjacent to an activating group) is 1. The number of ether oxygens (including phenoxy) is 2. The van der Waals surface area contributed by atoms with E-state index in [-0.39, 0.29) is 18.1 Å². The van der Waals surface area contributed by atoms with E-state index >= 15 is 0 Å². The average Bonchev–Trinajstić information content (AvgIpc) is 3.29. The van der Waals surface area contributed by atoms with Crippen LogP contribution < -0.4 is 24.4 Å². The van der Waals surface area contributed by atoms with Gasteiger partial charge in [-0.15, -0.1) is 0 Å². The molecule has 0 spiro atoms. The Balaban J connectivity index is 1.80. The molecule has 0 saturated carbocycles. The Bertz CT molecular complexity index is 1890. The number of benzene rings is 3. The first kappa shape index (κ1) is 27.9. The molecule has 41 heavy (non-hydrogen) atoms. The van der Waals surface area contributed by atoms with Gasteiger partial charge in [-0.3, -0.25) is 14.2 Å². The van der Waals surface area contributed by atoms with Crippen molar-refractivity contribution in [2.75, 3.05) is 26.8 Å². The van der Waals surface area contributed by atoms with Crippen molar-refractivity contribution in [1.82, 2.24) is 9.47 Å². The second-order valence-electron chi connectivity index (χ2n) is 9.48. The molecule has 0 saturated heterocycles. The molecule has 8 nitrogen and oxygen atoms in total. The number of fused-ring (bicyclic) bond motifs is 2. The molecule has 0 aliphatic carbocycles. The van der Waals surface area contributed by atoms with Crippen molar-refractivity contribution in [2.24, 2.45) is 4.99 Å². The average molecular weight is 567 g/mol. The molecule has 3 aromatic carbocycles. The number of carbonyl (C=O) groups is 1. The fourth-order valence-electron chi connectivity index (χ4n) is 5.25. The first-order valence-electron chi connectivity index (χ1n) is 13.4. The summed E-state index contributed by atoms with van der Waals surface area (Å²) in [7, 11) is 1.60. The van der Waals surface area contributed by atoms with Crippen LogP contribution >= 0.6 is 11.3 Å². The van der Waals surface area contributed by atoms with Gasteiger partial charge in [-0.05, 0) is 61.4 Å². The monoisotopic (exact) mass is 566 g/mol. The van der Waals surface area contributed by atoms with E-state index in [9.17, 15) is 9.59 Å². The Morgan fingerprint density at radius 2 is 1.93 bits per heavy atom. The lowest BCUT2D eigenvalue weighted by atomic mass is 9.90. The van der Waals surface area contributed by atoms with Crippen molar-refractivity contribution in [3.05, 3.63) is 103 Å². The van der Waals surface area contributed by atoms with Crippen LogP contribution in [-0.4, -0.2) is 42.2 Å². The number of methoxy groups -OCH3 is 1. The van der Waals surface area contributed by atoms with Gasteiger partial charge in [-0.1, -0.05) is 53.8 Å². The highest BCUT2D eigenvalue weighted by atomic mass is 32.1. The van der Waals surface area contributed by atoms with Crippen LogP contribution in [0.25, 0.3) is 16.8 Å². The molecule has 0 bridgehead atoms. The Morgan fingerprint density at radius 3 is 2.66 bits per heavy atom. The maximum absolute atomic E-state index is 14.2. The lowest BCUT2D eigenvalue weighted by Gasteiger charge is -2.30. The number of rotatable bonds is 8. The van der Waals surface area contributed by atoms with Crippen molar-refractivity contribution in [1.29, 1.82) is 5.26 Å². The summed E-state index contributed by atoms with van der Waals surface area (Å²) in [5.74, 6) is 0.965. The van der Waals surface area contributed by atoms with Crippen LogP contribution in [0.1, 0.15) is 37.9 Å². The molecular weight excluding hydrogens is 536 g/mol. The lowest BCUT2D eigenvalue weighted by molar-refractivity contribution is -0.127. The van der Waals surface area contributed by atoms with Gasteiger partial charge in [0.1, 0.15) is 23.6 Å². The molecule has 4 aromatic rings. The summed E-state index contributed by atoms with van der Waals surface area (Å²) in [4.78, 5) is 35.3. The first-order valence-corrected chi connectivity index (χ1v) is 14.2. The number of nitriles is 1. The van der Waals surface area contributed by atoms with Crippen molar-refractivity contribution >= 4 is 34.1 Å². The molecular formula is C32H30N4O4S. The summed E-state index contributed by atoms with van der Waals surface area (Å²) >= 11 is 1.27. The molecule has 0 radical (unpaired) electrons. The summed E-state index contributed by atoms with van der Waals surface area (Å²) in [5.41, 5.74) is 2.26. The number of amides is 1. The molecule has 9 heteroatoms. The van der Waals surface area contributed by atoms with E-state index in [1.807, 2.05) is 75.4 Å². The highest BCUT2D eigenvalue weighted by Crippen LogP contribution is 2.40. The van der Waals surface area contributed by atoms with Crippen LogP contribution in [0, 0.1) is 11.3 Å². The summed E-state index contributed by atoms with van der Waals surface area (Å²) in [5, 5.41) is 10.7. The van der Waals surface area contributed by atoms with Crippen molar-refractivity contribution in [3.63, 3.8) is 0 Å². The number of carbonyl (C=O) groups excluding carboxylic acids is 1. The van der Waals surface area contributed by atoms with Gasteiger partial charge in [-0.25, -0.2) is 4.99 Å². The van der Waals surface area contributed by atoms with Gasteiger partial charge < -0.3 is 14.4 Å². The van der Waals surface area contributed by atoms with Crippen LogP contribution in [-0.2, 0) is 4.79 Å². The fraction of sp³-hybridized carbons (Fsp3) is 0.250. The third kappa shape index (κ3) is 5.14. The third-order valence-corrected chi connectivity index (χ3v) is 8.17. The fourth-order valence-corrected chi connectivity index (χ4v) is 6.29. The van der Waals surface area contributed by atoms with Gasteiger partial charge in [0.05, 0.1) is 22.9 Å². The van der Waals surface area contributed by atoms with E-state index in [0.717, 1.165) is 21.9 Å². The highest BCUT2D eigenvalue weighted by molar-refractivity contribution is 7.07. The van der Waals surface area contributed by atoms with E-state index in [4.69, 9.17) is 19.7 Å². The number of nitrogens with zero attached hydrogens (tertiary/aromatic N) is 4. The Hall–Kier alpha value is -4.68. The standard InChI is InChI=1S/C32H30N4O4S/c1-5-35(6-2)31(38)27-20(3)34-32-36(29(27)28-24-13-8-7-11-22(24)14-15-25(28)39-4)30(37)26(41-32)19-21-10-9-12-23(18-21)40-17-16-33/h7-15,18-19,29H,5-6,17H2,1-4H3/b26-19+/t29-/m1/s1. The topological polar surface area (TPSA) is 96.9 Å². The smallest absolute Gasteiger partial charge is 0.271 e. The number of aromatic nitrogens is 1. The van der Waals surface area contributed by atoms with Crippen molar-refractivity contribution in [3.8, 4) is 17.6 Å². The molecule has 0 fully saturated rings. The van der Waals surface area contributed by atoms with Gasteiger partial charge in [0.25, 0.3) is 11.5 Å². The molecule has 2 heterocycles. The second kappa shape index (κ2) is 11.8. The van der Waals surface area contributed by atoms with Crippen LogP contribution in [0.2, 0.25) is 0 Å². The second-order valence-corrected chi connectivity index (χ2v) is 10.5. The predicted octanol–water partition coefficient (Wildman–Crippen LogP) is 4.17. The summed E-state index contributed by atoms with van der Waals surface area (Å²) < 4.78 is 13.4. The summed E-state index contributed by atoms with van der Waals surface area (Å²) in [6.07, 6.45) is 1.78. The molecule has 1 atom stereocenters. The minimum absolute atomic E-state index is 0.0683. The van der Waals surface area contributed by atoms with Crippen LogP contribution in [0.15, 0.2) is 81.7 Å². The Labute approximate surface area is 241 Å². The van der Waals surface area contributed by atoms with Gasteiger partial charge in [0, 0.05) is 18.7 Å². The minimum atomic E-state index is -0.743. The van der Waals surface area contributed by atoms with Gasteiger partial charge in [0.15, 0.2) is 11.4 Å². The Kier molecular flexibility index (Phi) is 8.04. The van der Waals surface area contributed by atoms with Crippen molar-refractivity contribution in [2.45, 2.75) is 26.8 Å². The number of hydrogen-bond donors (Lipinski definition) is 0. The highest BCUT2D eigenvalue weighted by Gasteiger charge is 2.36. The molecule has 1 aliphatic rings. The maximum Gasteiger partial charge on any atom is 0.271 e. The van der Waals surface area contributed by atoms with Gasteiger partial charge >= 0.3 is 0 Å². The predicted molar refractivity (Wildman–Crippen MR) is 160 cm³/mol. The zero-order valence-electron chi connectivity index (χ0n) is 23.4. The number of thiazole rings is 1. The Morgan fingerprint density at radius 1 is 1.15 bits per heavy atom. The zero-order chi connectivity index (χ0) is 29.1. The molecule has 1 aliphatic heterocycles. The van der Waals surface area contributed by atoms with E-state index in [0.29, 0.717) is 45.2 Å². The third-order valence-electron chi connectivity index (χ3n) is 7.19. The van der Waals surface area contributed by atoms with E-state index in [1.54, 1.807) is 34.8 Å². The van der Waals surface area contributed by atoms with Crippen LogP contribution in [0.4, 0.5) is 0 Å². The largest absolute Gasteiger partial charge is 0.496 e. The quantitative estimate of drug-likeness (QED) is 0.319. The first-order chi connectivity index (χ1) is 19.9. The molecule has 0 N–H and O–H groups in total. The van der Waals surface area contributed by atoms with E-state index in [2.05, 4.69) is 0 Å². The molecule has 1 aromatic heterocycles. The van der Waals surface area contributed by atoms with E-state index in [1.165, 1.54) is 11.3 Å². The number of allylic oxidation sites excluding steroid dienone is 1. The lowest BCUT2D eigenvalue weighted by Crippen LogP contribution is -2.43. The summed E-state index contributed by atoms with van der Waals surface area (Å²) in [6.45, 7) is 6.69. The van der Waals surface area contributed by atoms with Gasteiger partial charge in [-0.2, -0.15) is 5.26 Å². The molecule has 5 rings (SSSR count). The molecule has 208 valence electrons. The molecule has 0 unspecified atom stereocenters. The minimum Gasteiger partial charge on any atom is -0.496 e. The van der Waals surface area contributed by atoms with Crippen LogP contribution in [0.3, 0.4) is 0 Å². The zero-order valence-corrected chi connectivity index (χ0v) is 24.2. The van der Waals surface area contributed by atoms with Gasteiger partial charge in [0.2, 0.25) is 0 Å². The normalized spacial score (nSPS) is 14.8. The summed E-state index contributed by atoms with van der Waals surface area (Å²) in [6, 6.07) is 20.2. The molecule has 1 amide bonds.